The minimum absolute atomic E-state index is 0.229. The number of nitrogens with zero attached hydrogens (tertiary/aromatic N) is 1. The number of nitrogens with two attached hydrogens (primary N) is 2. The molecule has 0 aliphatic carbocycles. The first-order chi connectivity index (χ1) is 8.50. The van der Waals surface area contributed by atoms with E-state index < -0.39 is 5.91 Å². The largest absolute Gasteiger partial charge is 0.368 e. The van der Waals surface area contributed by atoms with Crippen LogP contribution in [0.2, 0.25) is 5.02 Å². The minimum Gasteiger partial charge on any atom is -0.368 e. The molecule has 1 aromatic rings. The van der Waals surface area contributed by atoms with E-state index in [0.29, 0.717) is 10.6 Å². The Morgan fingerprint density at radius 1 is 1.50 bits per heavy atom. The summed E-state index contributed by atoms with van der Waals surface area (Å²) >= 11 is 6.07. The summed E-state index contributed by atoms with van der Waals surface area (Å²) in [5.41, 5.74) is 12.6. The van der Waals surface area contributed by atoms with Crippen LogP contribution < -0.4 is 16.4 Å². The molecule has 5 heteroatoms. The van der Waals surface area contributed by atoms with Crippen molar-refractivity contribution in [2.24, 2.45) is 11.5 Å². The quantitative estimate of drug-likeness (QED) is 0.858. The highest BCUT2D eigenvalue weighted by Gasteiger charge is 2.26. The second-order valence-electron chi connectivity index (χ2n) is 4.83. The second-order valence-corrected chi connectivity index (χ2v) is 5.23. The number of carbonyl (C=O) groups excluding carboxylic acids is 1. The molecule has 2 atom stereocenters. The summed E-state index contributed by atoms with van der Waals surface area (Å²) in [7, 11) is 0. The van der Waals surface area contributed by atoms with Crippen molar-refractivity contribution in [3.8, 4) is 0 Å². The SMILES string of the molecule is CC1CC(N)CCN1c1cccc(Cl)c1C(N)=O. The van der Waals surface area contributed by atoms with Gasteiger partial charge in [0.15, 0.2) is 0 Å². The van der Waals surface area contributed by atoms with E-state index in [1.807, 2.05) is 12.1 Å². The lowest BCUT2D eigenvalue weighted by molar-refractivity contribution is 0.100. The topological polar surface area (TPSA) is 72.3 Å². The molecule has 0 saturated carbocycles. The number of rotatable bonds is 2. The summed E-state index contributed by atoms with van der Waals surface area (Å²) < 4.78 is 0. The van der Waals surface area contributed by atoms with Crippen molar-refractivity contribution in [1.29, 1.82) is 0 Å². The average molecular weight is 268 g/mol. The molecule has 0 bridgehead atoms. The van der Waals surface area contributed by atoms with E-state index in [-0.39, 0.29) is 12.1 Å². The van der Waals surface area contributed by atoms with Gasteiger partial charge >= 0.3 is 0 Å². The van der Waals surface area contributed by atoms with Gasteiger partial charge in [0.25, 0.3) is 5.91 Å². The summed E-state index contributed by atoms with van der Waals surface area (Å²) in [5, 5.41) is 0.405. The predicted molar refractivity (Wildman–Crippen MR) is 74.0 cm³/mol. The Morgan fingerprint density at radius 2 is 2.22 bits per heavy atom. The fourth-order valence-electron chi connectivity index (χ4n) is 2.56. The Labute approximate surface area is 112 Å². The molecule has 1 amide bonds. The number of primary amides is 1. The van der Waals surface area contributed by atoms with Gasteiger partial charge in [-0.25, -0.2) is 0 Å². The number of anilines is 1. The summed E-state index contributed by atoms with van der Waals surface area (Å²) in [5.74, 6) is -0.488. The van der Waals surface area contributed by atoms with Crippen molar-refractivity contribution < 1.29 is 4.79 Å². The van der Waals surface area contributed by atoms with Crippen LogP contribution in [0.3, 0.4) is 0 Å². The van der Waals surface area contributed by atoms with Crippen LogP contribution in [0.5, 0.6) is 0 Å². The zero-order valence-corrected chi connectivity index (χ0v) is 11.2. The molecule has 0 radical (unpaired) electrons. The second kappa shape index (κ2) is 5.16. The molecule has 0 spiro atoms. The van der Waals surface area contributed by atoms with Crippen molar-refractivity contribution in [2.45, 2.75) is 31.8 Å². The van der Waals surface area contributed by atoms with Crippen LogP contribution in [0.25, 0.3) is 0 Å². The van der Waals surface area contributed by atoms with E-state index in [9.17, 15) is 4.79 Å². The molecule has 1 aromatic carbocycles. The predicted octanol–water partition coefficient (Wildman–Crippen LogP) is 1.75. The monoisotopic (exact) mass is 267 g/mol. The fraction of sp³-hybridized carbons (Fsp3) is 0.462. The van der Waals surface area contributed by atoms with E-state index >= 15 is 0 Å². The highest BCUT2D eigenvalue weighted by Crippen LogP contribution is 2.31. The van der Waals surface area contributed by atoms with Crippen LogP contribution >= 0.6 is 11.6 Å². The minimum atomic E-state index is -0.488. The van der Waals surface area contributed by atoms with E-state index in [1.54, 1.807) is 6.07 Å². The van der Waals surface area contributed by atoms with E-state index in [4.69, 9.17) is 23.1 Å². The highest BCUT2D eigenvalue weighted by atomic mass is 35.5. The van der Waals surface area contributed by atoms with Crippen LogP contribution in [0.1, 0.15) is 30.1 Å². The van der Waals surface area contributed by atoms with E-state index in [0.717, 1.165) is 25.1 Å². The van der Waals surface area contributed by atoms with E-state index in [2.05, 4.69) is 11.8 Å². The lowest BCUT2D eigenvalue weighted by atomic mass is 9.97. The van der Waals surface area contributed by atoms with E-state index in [1.165, 1.54) is 0 Å². The summed E-state index contributed by atoms with van der Waals surface area (Å²) in [6, 6.07) is 5.92. The molecular formula is C13H18ClN3O. The maximum Gasteiger partial charge on any atom is 0.252 e. The van der Waals surface area contributed by atoms with Gasteiger partial charge in [0.05, 0.1) is 16.3 Å². The molecule has 2 rings (SSSR count). The first kappa shape index (κ1) is 13.2. The Bertz CT molecular complexity index is 464. The Morgan fingerprint density at radius 3 is 2.83 bits per heavy atom. The van der Waals surface area contributed by atoms with Crippen molar-refractivity contribution in [2.75, 3.05) is 11.4 Å². The lowest BCUT2D eigenvalue weighted by Gasteiger charge is -2.39. The molecule has 2 unspecified atom stereocenters. The lowest BCUT2D eigenvalue weighted by Crippen LogP contribution is -2.46. The smallest absolute Gasteiger partial charge is 0.252 e. The van der Waals surface area contributed by atoms with Crippen molar-refractivity contribution >= 4 is 23.2 Å². The van der Waals surface area contributed by atoms with Gasteiger partial charge in [-0.1, -0.05) is 17.7 Å². The summed E-state index contributed by atoms with van der Waals surface area (Å²) in [6.45, 7) is 2.92. The summed E-state index contributed by atoms with van der Waals surface area (Å²) in [4.78, 5) is 13.7. The molecule has 98 valence electrons. The molecule has 1 aliphatic rings. The zero-order valence-electron chi connectivity index (χ0n) is 10.4. The van der Waals surface area contributed by atoms with Crippen LogP contribution in [-0.4, -0.2) is 24.5 Å². The molecule has 0 aromatic heterocycles. The van der Waals surface area contributed by atoms with Crippen LogP contribution in [-0.2, 0) is 0 Å². The average Bonchev–Trinajstić information content (AvgIpc) is 2.28. The first-order valence-electron chi connectivity index (χ1n) is 6.11. The third-order valence-electron chi connectivity index (χ3n) is 3.46. The number of hydrogen-bond acceptors (Lipinski definition) is 3. The Balaban J connectivity index is 2.39. The molecule has 4 N–H and O–H groups in total. The third-order valence-corrected chi connectivity index (χ3v) is 3.78. The first-order valence-corrected chi connectivity index (χ1v) is 6.49. The number of hydrogen-bond donors (Lipinski definition) is 2. The number of piperidine rings is 1. The maximum atomic E-state index is 11.5. The molecule has 1 heterocycles. The standard InChI is InChI=1S/C13H18ClN3O/c1-8-7-9(15)5-6-17(8)11-4-2-3-10(14)12(11)13(16)18/h2-4,8-9H,5-7,15H2,1H3,(H2,16,18). The molecule has 1 fully saturated rings. The maximum absolute atomic E-state index is 11.5. The van der Waals surface area contributed by atoms with Gasteiger partial charge in [-0.2, -0.15) is 0 Å². The van der Waals surface area contributed by atoms with Gasteiger partial charge < -0.3 is 16.4 Å². The van der Waals surface area contributed by atoms with Gasteiger partial charge in [0, 0.05) is 18.6 Å². The van der Waals surface area contributed by atoms with Crippen LogP contribution in [0.4, 0.5) is 5.69 Å². The van der Waals surface area contributed by atoms with Crippen molar-refractivity contribution in [3.63, 3.8) is 0 Å². The van der Waals surface area contributed by atoms with Gasteiger partial charge in [0.1, 0.15) is 0 Å². The van der Waals surface area contributed by atoms with Crippen molar-refractivity contribution in [1.82, 2.24) is 0 Å². The third kappa shape index (κ3) is 2.44. The van der Waals surface area contributed by atoms with Crippen LogP contribution in [0, 0.1) is 0 Å². The van der Waals surface area contributed by atoms with Gasteiger partial charge in [-0.15, -0.1) is 0 Å². The zero-order chi connectivity index (χ0) is 13.3. The number of halogens is 1. The molecule has 1 saturated heterocycles. The molecular weight excluding hydrogens is 250 g/mol. The Hall–Kier alpha value is -1.26. The van der Waals surface area contributed by atoms with Gasteiger partial charge in [-0.3, -0.25) is 4.79 Å². The van der Waals surface area contributed by atoms with Crippen LogP contribution in [0.15, 0.2) is 18.2 Å². The normalized spacial score (nSPS) is 24.1. The van der Waals surface area contributed by atoms with Gasteiger partial charge in [-0.05, 0) is 31.9 Å². The fourth-order valence-corrected chi connectivity index (χ4v) is 2.83. The highest BCUT2D eigenvalue weighted by molar-refractivity contribution is 6.34. The number of amides is 1. The molecule has 18 heavy (non-hydrogen) atoms. The number of carbonyl (C=O) groups is 1. The Kier molecular flexibility index (Phi) is 3.78. The molecule has 4 nitrogen and oxygen atoms in total. The van der Waals surface area contributed by atoms with Crippen molar-refractivity contribution in [3.05, 3.63) is 28.8 Å². The summed E-state index contributed by atoms with van der Waals surface area (Å²) in [6.07, 6.45) is 1.82. The number of benzene rings is 1. The molecule has 1 aliphatic heterocycles. The van der Waals surface area contributed by atoms with Gasteiger partial charge in [0.2, 0.25) is 0 Å².